The van der Waals surface area contributed by atoms with Crippen molar-refractivity contribution in [3.05, 3.63) is 66.2 Å². The van der Waals surface area contributed by atoms with Crippen molar-refractivity contribution in [3.63, 3.8) is 0 Å². The van der Waals surface area contributed by atoms with Crippen LogP contribution in [0.2, 0.25) is 0 Å². The van der Waals surface area contributed by atoms with Crippen molar-refractivity contribution in [2.24, 2.45) is 5.92 Å². The standard InChI is InChI=1S/C18H20O4S/c19-18(20)16(11-7-10-15-8-3-1-4-9-15)14-23(21,22)17-12-5-2-6-13-17/h1-6,8-9,12-13,16H,7,10-11,14H2,(H,19,20). The number of carbonyl (C=O) groups is 1. The van der Waals surface area contributed by atoms with Crippen LogP contribution in [0, 0.1) is 5.92 Å². The lowest BCUT2D eigenvalue weighted by Gasteiger charge is -2.13. The molecule has 2 aromatic rings. The van der Waals surface area contributed by atoms with E-state index < -0.39 is 21.7 Å². The second kappa shape index (κ2) is 7.92. The van der Waals surface area contributed by atoms with Gasteiger partial charge in [0.15, 0.2) is 9.84 Å². The summed E-state index contributed by atoms with van der Waals surface area (Å²) in [6.45, 7) is 0. The van der Waals surface area contributed by atoms with Gasteiger partial charge in [-0.25, -0.2) is 8.42 Å². The predicted molar refractivity (Wildman–Crippen MR) is 89.0 cm³/mol. The van der Waals surface area contributed by atoms with Crippen LogP contribution in [-0.4, -0.2) is 25.2 Å². The third-order valence-electron chi connectivity index (χ3n) is 3.73. The number of hydrogen-bond acceptors (Lipinski definition) is 3. The molecule has 122 valence electrons. The van der Waals surface area contributed by atoms with Crippen LogP contribution in [-0.2, 0) is 21.1 Å². The van der Waals surface area contributed by atoms with E-state index >= 15 is 0 Å². The normalized spacial score (nSPS) is 12.7. The van der Waals surface area contributed by atoms with Crippen molar-refractivity contribution in [1.29, 1.82) is 0 Å². The SMILES string of the molecule is O=C(O)C(CCCc1ccccc1)CS(=O)(=O)c1ccccc1. The minimum absolute atomic E-state index is 0.175. The quantitative estimate of drug-likeness (QED) is 0.806. The fraction of sp³-hybridized carbons (Fsp3) is 0.278. The van der Waals surface area contributed by atoms with Crippen LogP contribution < -0.4 is 0 Å². The summed E-state index contributed by atoms with van der Waals surface area (Å²) in [6, 6.07) is 17.8. The first-order valence-corrected chi connectivity index (χ1v) is 9.19. The molecular formula is C18H20O4S. The first kappa shape index (κ1) is 17.2. The van der Waals surface area contributed by atoms with E-state index in [1.807, 2.05) is 30.3 Å². The Morgan fingerprint density at radius 2 is 1.52 bits per heavy atom. The maximum absolute atomic E-state index is 12.3. The molecule has 0 radical (unpaired) electrons. The second-order valence-corrected chi connectivity index (χ2v) is 7.54. The van der Waals surface area contributed by atoms with Gasteiger partial charge in [0, 0.05) is 0 Å². The molecule has 4 nitrogen and oxygen atoms in total. The lowest BCUT2D eigenvalue weighted by atomic mass is 10.0. The number of benzene rings is 2. The van der Waals surface area contributed by atoms with E-state index in [0.29, 0.717) is 12.8 Å². The smallest absolute Gasteiger partial charge is 0.307 e. The van der Waals surface area contributed by atoms with E-state index in [0.717, 1.165) is 12.0 Å². The zero-order chi connectivity index (χ0) is 16.7. The predicted octanol–water partition coefficient (Wildman–Crippen LogP) is 3.18. The molecule has 0 saturated carbocycles. The van der Waals surface area contributed by atoms with Crippen LogP contribution in [0.1, 0.15) is 18.4 Å². The van der Waals surface area contributed by atoms with Gasteiger partial charge in [0.2, 0.25) is 0 Å². The molecule has 0 aliphatic rings. The lowest BCUT2D eigenvalue weighted by Crippen LogP contribution is -2.24. The molecule has 0 aliphatic heterocycles. The second-order valence-electron chi connectivity index (χ2n) is 5.51. The maximum Gasteiger partial charge on any atom is 0.307 e. The Balaban J connectivity index is 1.98. The molecule has 0 aliphatic carbocycles. The molecule has 1 atom stereocenters. The van der Waals surface area contributed by atoms with E-state index in [4.69, 9.17) is 0 Å². The van der Waals surface area contributed by atoms with Gasteiger partial charge in [-0.2, -0.15) is 0 Å². The summed E-state index contributed by atoms with van der Waals surface area (Å²) in [5, 5.41) is 9.32. The number of carboxylic acid groups (broad SMARTS) is 1. The van der Waals surface area contributed by atoms with E-state index in [1.54, 1.807) is 18.2 Å². The molecule has 1 unspecified atom stereocenters. The highest BCUT2D eigenvalue weighted by Gasteiger charge is 2.26. The number of aliphatic carboxylic acids is 1. The topological polar surface area (TPSA) is 71.4 Å². The van der Waals surface area contributed by atoms with Crippen LogP contribution in [0.15, 0.2) is 65.6 Å². The first-order valence-electron chi connectivity index (χ1n) is 7.53. The summed E-state index contributed by atoms with van der Waals surface area (Å²) in [4.78, 5) is 11.6. The van der Waals surface area contributed by atoms with E-state index in [1.165, 1.54) is 12.1 Å². The van der Waals surface area contributed by atoms with Crippen LogP contribution in [0.3, 0.4) is 0 Å². The van der Waals surface area contributed by atoms with Crippen LogP contribution in [0.25, 0.3) is 0 Å². The number of hydrogen-bond donors (Lipinski definition) is 1. The highest BCUT2D eigenvalue weighted by atomic mass is 32.2. The van der Waals surface area contributed by atoms with E-state index in [-0.39, 0.29) is 10.6 Å². The van der Waals surface area contributed by atoms with Crippen molar-refractivity contribution in [1.82, 2.24) is 0 Å². The summed E-state index contributed by atoms with van der Waals surface area (Å²) >= 11 is 0. The molecule has 2 rings (SSSR count). The molecule has 0 heterocycles. The Morgan fingerprint density at radius 3 is 2.09 bits per heavy atom. The van der Waals surface area contributed by atoms with Gasteiger partial charge in [0.25, 0.3) is 0 Å². The summed E-state index contributed by atoms with van der Waals surface area (Å²) in [6.07, 6.45) is 1.73. The fourth-order valence-corrected chi connectivity index (χ4v) is 4.07. The molecule has 0 fully saturated rings. The fourth-order valence-electron chi connectivity index (χ4n) is 2.46. The van der Waals surface area contributed by atoms with Crippen molar-refractivity contribution in [2.45, 2.75) is 24.2 Å². The Hall–Kier alpha value is -2.14. The van der Waals surface area contributed by atoms with Gasteiger partial charge in [-0.05, 0) is 37.0 Å². The van der Waals surface area contributed by atoms with Gasteiger partial charge >= 0.3 is 5.97 Å². The van der Waals surface area contributed by atoms with Gasteiger partial charge in [0.05, 0.1) is 16.6 Å². The summed E-state index contributed by atoms with van der Waals surface area (Å²) < 4.78 is 24.6. The van der Waals surface area contributed by atoms with Crippen LogP contribution in [0.5, 0.6) is 0 Å². The van der Waals surface area contributed by atoms with Gasteiger partial charge < -0.3 is 5.11 Å². The Labute approximate surface area is 136 Å². The maximum atomic E-state index is 12.3. The third-order valence-corrected chi connectivity index (χ3v) is 5.56. The van der Waals surface area contributed by atoms with Crippen molar-refractivity contribution in [2.75, 3.05) is 5.75 Å². The van der Waals surface area contributed by atoms with E-state index in [9.17, 15) is 18.3 Å². The molecule has 0 bridgehead atoms. The average Bonchev–Trinajstić information content (AvgIpc) is 2.55. The molecule has 23 heavy (non-hydrogen) atoms. The van der Waals surface area contributed by atoms with Crippen LogP contribution >= 0.6 is 0 Å². The minimum Gasteiger partial charge on any atom is -0.481 e. The van der Waals surface area contributed by atoms with Gasteiger partial charge in [-0.1, -0.05) is 48.5 Å². The Morgan fingerprint density at radius 1 is 0.957 bits per heavy atom. The number of carboxylic acids is 1. The lowest BCUT2D eigenvalue weighted by molar-refractivity contribution is -0.141. The Kier molecular flexibility index (Phi) is 5.93. The molecule has 2 aromatic carbocycles. The third kappa shape index (κ3) is 5.21. The molecule has 1 N–H and O–H groups in total. The summed E-state index contributed by atoms with van der Waals surface area (Å²) in [5.74, 6) is -2.30. The summed E-state index contributed by atoms with van der Waals surface area (Å²) in [5.41, 5.74) is 1.13. The molecule has 5 heteroatoms. The van der Waals surface area contributed by atoms with Crippen molar-refractivity contribution in [3.8, 4) is 0 Å². The first-order chi connectivity index (χ1) is 11.0. The highest BCUT2D eigenvalue weighted by molar-refractivity contribution is 7.91. The molecule has 0 amide bonds. The summed E-state index contributed by atoms with van der Waals surface area (Å²) in [7, 11) is -3.58. The van der Waals surface area contributed by atoms with Crippen molar-refractivity contribution < 1.29 is 18.3 Å². The van der Waals surface area contributed by atoms with Crippen molar-refractivity contribution >= 4 is 15.8 Å². The van der Waals surface area contributed by atoms with Gasteiger partial charge in [-0.15, -0.1) is 0 Å². The number of rotatable bonds is 8. The molecule has 0 aromatic heterocycles. The largest absolute Gasteiger partial charge is 0.481 e. The number of aryl methyl sites for hydroxylation is 1. The molecular weight excluding hydrogens is 312 g/mol. The van der Waals surface area contributed by atoms with Gasteiger partial charge in [0.1, 0.15) is 0 Å². The average molecular weight is 332 g/mol. The van der Waals surface area contributed by atoms with E-state index in [2.05, 4.69) is 0 Å². The van der Waals surface area contributed by atoms with Gasteiger partial charge in [-0.3, -0.25) is 4.79 Å². The molecule has 0 spiro atoms. The minimum atomic E-state index is -3.58. The number of sulfone groups is 1. The monoisotopic (exact) mass is 332 g/mol. The zero-order valence-corrected chi connectivity index (χ0v) is 13.6. The highest BCUT2D eigenvalue weighted by Crippen LogP contribution is 2.18. The zero-order valence-electron chi connectivity index (χ0n) is 12.8. The molecule has 0 saturated heterocycles. The van der Waals surface area contributed by atoms with Crippen LogP contribution in [0.4, 0.5) is 0 Å². The Bertz CT molecular complexity index is 724.